The fourth-order valence-corrected chi connectivity index (χ4v) is 4.39. The van der Waals surface area contributed by atoms with Crippen molar-refractivity contribution in [3.63, 3.8) is 0 Å². The number of benzene rings is 3. The van der Waals surface area contributed by atoms with E-state index in [4.69, 9.17) is 4.74 Å². The molecule has 0 radical (unpaired) electrons. The quantitative estimate of drug-likeness (QED) is 0.435. The van der Waals surface area contributed by atoms with Gasteiger partial charge in [-0.15, -0.1) is 0 Å². The molecule has 1 aliphatic carbocycles. The summed E-state index contributed by atoms with van der Waals surface area (Å²) in [7, 11) is 0. The third-order valence-electron chi connectivity index (χ3n) is 6.25. The summed E-state index contributed by atoms with van der Waals surface area (Å²) < 4.78 is 5.47. The van der Waals surface area contributed by atoms with E-state index in [9.17, 15) is 19.5 Å². The summed E-state index contributed by atoms with van der Waals surface area (Å²) in [5, 5.41) is 14.5. The second-order valence-electron chi connectivity index (χ2n) is 8.62. The van der Waals surface area contributed by atoms with Crippen LogP contribution in [-0.2, 0) is 20.7 Å². The molecular formula is C28H28N2O5. The lowest BCUT2D eigenvalue weighted by atomic mass is 9.98. The molecule has 180 valence electrons. The van der Waals surface area contributed by atoms with Crippen molar-refractivity contribution in [3.05, 3.63) is 95.6 Å². The van der Waals surface area contributed by atoms with E-state index in [1.165, 1.54) is 6.92 Å². The number of amides is 2. The number of rotatable bonds is 9. The zero-order valence-electron chi connectivity index (χ0n) is 19.4. The van der Waals surface area contributed by atoms with Gasteiger partial charge in [-0.3, -0.25) is 4.79 Å². The first-order chi connectivity index (χ1) is 16.9. The van der Waals surface area contributed by atoms with Crippen LogP contribution in [0.1, 0.15) is 36.0 Å². The highest BCUT2D eigenvalue weighted by atomic mass is 16.5. The average Bonchev–Trinajstić information content (AvgIpc) is 3.19. The van der Waals surface area contributed by atoms with E-state index in [2.05, 4.69) is 22.8 Å². The molecule has 7 heteroatoms. The van der Waals surface area contributed by atoms with E-state index in [-0.39, 0.29) is 18.9 Å². The molecule has 35 heavy (non-hydrogen) atoms. The second-order valence-corrected chi connectivity index (χ2v) is 8.62. The maximum atomic E-state index is 12.5. The number of carboxylic acids is 1. The Balaban J connectivity index is 1.30. The highest BCUT2D eigenvalue weighted by molar-refractivity contribution is 5.89. The van der Waals surface area contributed by atoms with E-state index in [0.717, 1.165) is 27.8 Å². The van der Waals surface area contributed by atoms with Crippen molar-refractivity contribution in [2.45, 2.75) is 37.8 Å². The maximum absolute atomic E-state index is 12.5. The number of fused-ring (bicyclic) bond motifs is 3. The summed E-state index contributed by atoms with van der Waals surface area (Å²) in [4.78, 5) is 36.6. The fourth-order valence-electron chi connectivity index (χ4n) is 4.39. The molecule has 0 aliphatic heterocycles. The van der Waals surface area contributed by atoms with Crippen molar-refractivity contribution in [2.75, 3.05) is 6.61 Å². The number of aliphatic carboxylic acids is 1. The van der Waals surface area contributed by atoms with Gasteiger partial charge in [-0.2, -0.15) is 0 Å². The lowest BCUT2D eigenvalue weighted by Gasteiger charge is -2.19. The van der Waals surface area contributed by atoms with Crippen LogP contribution in [0.2, 0.25) is 0 Å². The predicted molar refractivity (Wildman–Crippen MR) is 132 cm³/mol. The van der Waals surface area contributed by atoms with Gasteiger partial charge in [0.15, 0.2) is 0 Å². The molecule has 2 unspecified atom stereocenters. The van der Waals surface area contributed by atoms with E-state index in [0.29, 0.717) is 6.42 Å². The lowest BCUT2D eigenvalue weighted by Crippen LogP contribution is -2.50. The molecule has 0 saturated heterocycles. The monoisotopic (exact) mass is 472 g/mol. The van der Waals surface area contributed by atoms with Gasteiger partial charge in [0, 0.05) is 5.92 Å². The number of carboxylic acid groups (broad SMARTS) is 1. The van der Waals surface area contributed by atoms with Gasteiger partial charge < -0.3 is 20.5 Å². The molecule has 0 aromatic heterocycles. The van der Waals surface area contributed by atoms with Crippen molar-refractivity contribution < 1.29 is 24.2 Å². The van der Waals surface area contributed by atoms with Gasteiger partial charge in [-0.05, 0) is 47.6 Å². The van der Waals surface area contributed by atoms with Crippen molar-refractivity contribution in [3.8, 4) is 11.1 Å². The summed E-state index contributed by atoms with van der Waals surface area (Å²) in [6, 6.07) is 23.5. The minimum absolute atomic E-state index is 0.0911. The van der Waals surface area contributed by atoms with E-state index < -0.39 is 30.1 Å². The molecule has 0 spiro atoms. The summed E-state index contributed by atoms with van der Waals surface area (Å²) in [6.45, 7) is 1.62. The highest BCUT2D eigenvalue weighted by Gasteiger charge is 2.29. The van der Waals surface area contributed by atoms with Crippen molar-refractivity contribution in [2.24, 2.45) is 0 Å². The average molecular weight is 473 g/mol. The molecule has 3 aromatic carbocycles. The summed E-state index contributed by atoms with van der Waals surface area (Å²) in [5.74, 6) is -1.80. The van der Waals surface area contributed by atoms with Crippen LogP contribution in [-0.4, -0.2) is 41.8 Å². The van der Waals surface area contributed by atoms with Crippen LogP contribution in [0.15, 0.2) is 78.9 Å². The van der Waals surface area contributed by atoms with Crippen molar-refractivity contribution in [1.29, 1.82) is 0 Å². The molecule has 2 atom stereocenters. The van der Waals surface area contributed by atoms with Crippen LogP contribution >= 0.6 is 0 Å². The van der Waals surface area contributed by atoms with E-state index >= 15 is 0 Å². The lowest BCUT2D eigenvalue weighted by molar-refractivity contribution is -0.142. The molecule has 0 heterocycles. The number of carbonyl (C=O) groups excluding carboxylic acids is 2. The number of carbonyl (C=O) groups is 3. The smallest absolute Gasteiger partial charge is 0.407 e. The van der Waals surface area contributed by atoms with Gasteiger partial charge in [0.1, 0.15) is 18.7 Å². The minimum Gasteiger partial charge on any atom is -0.480 e. The van der Waals surface area contributed by atoms with Crippen LogP contribution in [0.25, 0.3) is 11.1 Å². The summed E-state index contributed by atoms with van der Waals surface area (Å²) >= 11 is 0. The molecule has 3 aromatic rings. The Hall–Kier alpha value is -4.13. The van der Waals surface area contributed by atoms with Gasteiger partial charge in [-0.1, -0.05) is 78.9 Å². The third kappa shape index (κ3) is 5.69. The zero-order chi connectivity index (χ0) is 24.8. The first-order valence-electron chi connectivity index (χ1n) is 11.6. The molecule has 1 aliphatic rings. The number of alkyl carbamates (subject to hydrolysis) is 1. The fraction of sp³-hybridized carbons (Fsp3) is 0.250. The Kier molecular flexibility index (Phi) is 7.45. The van der Waals surface area contributed by atoms with Crippen molar-refractivity contribution >= 4 is 18.0 Å². The third-order valence-corrected chi connectivity index (χ3v) is 6.25. The number of hydrogen-bond acceptors (Lipinski definition) is 4. The first kappa shape index (κ1) is 24.0. The Morgan fingerprint density at radius 2 is 1.43 bits per heavy atom. The number of nitrogens with one attached hydrogen (secondary N) is 2. The standard InChI is InChI=1S/C28H28N2O5/c1-18(26(31)30-25(27(32)33)16-15-19-9-3-2-4-10-19)29-28(34)35-17-24-22-13-7-5-11-20(22)21-12-6-8-14-23(21)24/h2-14,18,24-25H,15-17H2,1H3,(H,29,34)(H,30,31)(H,32,33). The van der Waals surface area contributed by atoms with Crippen LogP contribution < -0.4 is 10.6 Å². The summed E-state index contributed by atoms with van der Waals surface area (Å²) in [5.41, 5.74) is 5.42. The van der Waals surface area contributed by atoms with Gasteiger partial charge in [0.25, 0.3) is 0 Å². The van der Waals surface area contributed by atoms with Crippen LogP contribution in [0.4, 0.5) is 4.79 Å². The largest absolute Gasteiger partial charge is 0.480 e. The molecule has 7 nitrogen and oxygen atoms in total. The van der Waals surface area contributed by atoms with Gasteiger partial charge in [-0.25, -0.2) is 9.59 Å². The van der Waals surface area contributed by atoms with E-state index in [1.54, 1.807) is 0 Å². The number of ether oxygens (including phenoxy) is 1. The first-order valence-corrected chi connectivity index (χ1v) is 11.6. The SMILES string of the molecule is CC(NC(=O)OCC1c2ccccc2-c2ccccc21)C(=O)NC(CCc1ccccc1)C(=O)O. The molecule has 4 rings (SSSR count). The van der Waals surface area contributed by atoms with Crippen LogP contribution in [0.3, 0.4) is 0 Å². The minimum atomic E-state index is -1.12. The second kappa shape index (κ2) is 10.9. The molecule has 0 fully saturated rings. The van der Waals surface area contributed by atoms with Crippen LogP contribution in [0, 0.1) is 0 Å². The zero-order valence-corrected chi connectivity index (χ0v) is 19.4. The van der Waals surface area contributed by atoms with Gasteiger partial charge in [0.05, 0.1) is 0 Å². The Bertz CT molecular complexity index is 1170. The Morgan fingerprint density at radius 3 is 2.03 bits per heavy atom. The molecule has 0 saturated carbocycles. The Morgan fingerprint density at radius 1 is 0.857 bits per heavy atom. The van der Waals surface area contributed by atoms with Crippen LogP contribution in [0.5, 0.6) is 0 Å². The topological polar surface area (TPSA) is 105 Å². The highest BCUT2D eigenvalue weighted by Crippen LogP contribution is 2.44. The Labute approximate surface area is 204 Å². The van der Waals surface area contributed by atoms with Gasteiger partial charge >= 0.3 is 12.1 Å². The molecular weight excluding hydrogens is 444 g/mol. The van der Waals surface area contributed by atoms with Gasteiger partial charge in [0.2, 0.25) is 5.91 Å². The number of aryl methyl sites for hydroxylation is 1. The maximum Gasteiger partial charge on any atom is 0.407 e. The molecule has 0 bridgehead atoms. The predicted octanol–water partition coefficient (Wildman–Crippen LogP) is 4.12. The molecule has 3 N–H and O–H groups in total. The number of hydrogen-bond donors (Lipinski definition) is 3. The van der Waals surface area contributed by atoms with E-state index in [1.807, 2.05) is 66.7 Å². The molecule has 2 amide bonds. The van der Waals surface area contributed by atoms with Crippen molar-refractivity contribution in [1.82, 2.24) is 10.6 Å². The summed E-state index contributed by atoms with van der Waals surface area (Å²) in [6.07, 6.45) is 0.0142. The normalized spacial score (nSPS) is 13.7.